The van der Waals surface area contributed by atoms with Crippen molar-refractivity contribution in [2.24, 2.45) is 0 Å². The maximum Gasteiger partial charge on any atom is 0.0343 e. The molecule has 0 radical (unpaired) electrons. The fourth-order valence-corrected chi connectivity index (χ4v) is 2.16. The maximum absolute atomic E-state index is 3.72. The van der Waals surface area contributed by atoms with E-state index in [9.17, 15) is 0 Å². The highest BCUT2D eigenvalue weighted by atomic mass is 14.9. The first-order valence-electron chi connectivity index (χ1n) is 5.87. The topological polar surface area (TPSA) is 12.0 Å². The molecule has 0 aliphatic heterocycles. The number of hydrogen-bond acceptors (Lipinski definition) is 1. The highest BCUT2D eigenvalue weighted by molar-refractivity contribution is 5.50. The Hall–Kier alpha value is -1.24. The summed E-state index contributed by atoms with van der Waals surface area (Å²) in [6.07, 6.45) is 8.10. The number of fused-ring (bicyclic) bond motifs is 1. The van der Waals surface area contributed by atoms with Crippen molar-refractivity contribution in [3.8, 4) is 0 Å². The molecule has 1 aromatic carbocycles. The van der Waals surface area contributed by atoms with Gasteiger partial charge in [-0.15, -0.1) is 6.58 Å². The zero-order valence-corrected chi connectivity index (χ0v) is 9.26. The lowest BCUT2D eigenvalue weighted by molar-refractivity contribution is 0.890. The Kier molecular flexibility index (Phi) is 3.44. The van der Waals surface area contributed by atoms with Gasteiger partial charge in [0.1, 0.15) is 0 Å². The minimum Gasteiger partial charge on any atom is -0.385 e. The van der Waals surface area contributed by atoms with Crippen LogP contribution in [0, 0.1) is 0 Å². The minimum atomic E-state index is 1.05. The molecule has 1 N–H and O–H groups in total. The lowest BCUT2D eigenvalue weighted by Gasteiger charge is -2.07. The Morgan fingerprint density at radius 1 is 1.27 bits per heavy atom. The molecule has 0 fully saturated rings. The van der Waals surface area contributed by atoms with E-state index in [1.807, 2.05) is 6.08 Å². The fourth-order valence-electron chi connectivity index (χ4n) is 2.16. The first kappa shape index (κ1) is 10.3. The van der Waals surface area contributed by atoms with E-state index in [0.717, 1.165) is 13.0 Å². The quantitative estimate of drug-likeness (QED) is 0.567. The Balaban J connectivity index is 1.89. The van der Waals surface area contributed by atoms with Gasteiger partial charge >= 0.3 is 0 Å². The molecule has 1 aliphatic rings. The van der Waals surface area contributed by atoms with Gasteiger partial charge in [-0.05, 0) is 55.4 Å². The van der Waals surface area contributed by atoms with Crippen LogP contribution in [0.3, 0.4) is 0 Å². The molecule has 0 amide bonds. The summed E-state index contributed by atoms with van der Waals surface area (Å²) in [6, 6.07) is 6.80. The van der Waals surface area contributed by atoms with Crippen LogP contribution in [0.1, 0.15) is 30.4 Å². The Morgan fingerprint density at radius 3 is 3.00 bits per heavy atom. The Labute approximate surface area is 92.2 Å². The third-order valence-electron chi connectivity index (χ3n) is 3.01. The zero-order chi connectivity index (χ0) is 10.5. The molecule has 80 valence electrons. The average molecular weight is 201 g/mol. The molecular formula is C14H19N. The number of benzene rings is 1. The van der Waals surface area contributed by atoms with E-state index in [1.165, 1.54) is 31.4 Å². The van der Waals surface area contributed by atoms with Crippen molar-refractivity contribution in [3.63, 3.8) is 0 Å². The smallest absolute Gasteiger partial charge is 0.0343 e. The molecule has 2 rings (SSSR count). The summed E-state index contributed by atoms with van der Waals surface area (Å²) < 4.78 is 0. The largest absolute Gasteiger partial charge is 0.385 e. The highest BCUT2D eigenvalue weighted by Gasteiger charge is 2.10. The van der Waals surface area contributed by atoms with Crippen molar-refractivity contribution < 1.29 is 0 Å². The third-order valence-corrected chi connectivity index (χ3v) is 3.01. The lowest BCUT2D eigenvalue weighted by atomic mass is 10.1. The molecule has 0 bridgehead atoms. The number of hydrogen-bond donors (Lipinski definition) is 1. The predicted octanol–water partition coefficient (Wildman–Crippen LogP) is 3.55. The SMILES string of the molecule is C=CCCCNc1ccc2c(c1)CCC2. The van der Waals surface area contributed by atoms with Crippen molar-refractivity contribution in [2.75, 3.05) is 11.9 Å². The fraction of sp³-hybridized carbons (Fsp3) is 0.429. The molecule has 0 atom stereocenters. The summed E-state index contributed by atoms with van der Waals surface area (Å²) in [4.78, 5) is 0. The number of nitrogens with one attached hydrogen (secondary N) is 1. The number of unbranched alkanes of at least 4 members (excludes halogenated alkanes) is 1. The first-order chi connectivity index (χ1) is 7.40. The van der Waals surface area contributed by atoms with Crippen LogP contribution in [0.5, 0.6) is 0 Å². The molecule has 1 nitrogen and oxygen atoms in total. The van der Waals surface area contributed by atoms with Gasteiger partial charge in [-0.2, -0.15) is 0 Å². The third kappa shape index (κ3) is 2.62. The molecule has 0 spiro atoms. The summed E-state index contributed by atoms with van der Waals surface area (Å²) >= 11 is 0. The normalized spacial score (nSPS) is 13.6. The highest BCUT2D eigenvalue weighted by Crippen LogP contribution is 2.24. The number of aryl methyl sites for hydroxylation is 2. The Bertz CT molecular complexity index is 341. The molecular weight excluding hydrogens is 182 g/mol. The van der Waals surface area contributed by atoms with Crippen molar-refractivity contribution in [3.05, 3.63) is 42.0 Å². The summed E-state index contributed by atoms with van der Waals surface area (Å²) in [5.74, 6) is 0. The summed E-state index contributed by atoms with van der Waals surface area (Å²) in [5, 5.41) is 3.46. The van der Waals surface area contributed by atoms with Gasteiger partial charge in [0, 0.05) is 12.2 Å². The summed E-state index contributed by atoms with van der Waals surface area (Å²) in [6.45, 7) is 4.77. The van der Waals surface area contributed by atoms with Crippen molar-refractivity contribution >= 4 is 5.69 Å². The van der Waals surface area contributed by atoms with Gasteiger partial charge in [0.05, 0.1) is 0 Å². The maximum atomic E-state index is 3.72. The van der Waals surface area contributed by atoms with Gasteiger partial charge in [-0.3, -0.25) is 0 Å². The molecule has 15 heavy (non-hydrogen) atoms. The van der Waals surface area contributed by atoms with Crippen molar-refractivity contribution in [2.45, 2.75) is 32.1 Å². The van der Waals surface area contributed by atoms with Gasteiger partial charge in [0.25, 0.3) is 0 Å². The molecule has 0 saturated heterocycles. The van der Waals surface area contributed by atoms with Crippen LogP contribution in [0.15, 0.2) is 30.9 Å². The minimum absolute atomic E-state index is 1.05. The second-order valence-corrected chi connectivity index (χ2v) is 4.19. The van der Waals surface area contributed by atoms with Crippen LogP contribution in [0.2, 0.25) is 0 Å². The van der Waals surface area contributed by atoms with E-state index in [-0.39, 0.29) is 0 Å². The molecule has 0 unspecified atom stereocenters. The summed E-state index contributed by atoms with van der Waals surface area (Å²) in [7, 11) is 0. The van der Waals surface area contributed by atoms with Gasteiger partial charge in [-0.1, -0.05) is 12.1 Å². The number of anilines is 1. The van der Waals surface area contributed by atoms with E-state index in [2.05, 4.69) is 30.1 Å². The summed E-state index contributed by atoms with van der Waals surface area (Å²) in [5.41, 5.74) is 4.37. The van der Waals surface area contributed by atoms with E-state index in [4.69, 9.17) is 0 Å². The zero-order valence-electron chi connectivity index (χ0n) is 9.26. The molecule has 1 aromatic rings. The van der Waals surface area contributed by atoms with Crippen LogP contribution < -0.4 is 5.32 Å². The standard InChI is InChI=1S/C14H19N/c1-2-3-4-10-15-14-9-8-12-6-5-7-13(12)11-14/h2,8-9,11,15H,1,3-7,10H2. The van der Waals surface area contributed by atoms with Crippen LogP contribution in [-0.4, -0.2) is 6.54 Å². The second kappa shape index (κ2) is 5.01. The second-order valence-electron chi connectivity index (χ2n) is 4.19. The van der Waals surface area contributed by atoms with Gasteiger partial charge in [0.15, 0.2) is 0 Å². The van der Waals surface area contributed by atoms with Crippen LogP contribution in [0.25, 0.3) is 0 Å². The van der Waals surface area contributed by atoms with Crippen LogP contribution >= 0.6 is 0 Å². The van der Waals surface area contributed by atoms with E-state index in [0.29, 0.717) is 0 Å². The van der Waals surface area contributed by atoms with E-state index >= 15 is 0 Å². The van der Waals surface area contributed by atoms with Crippen LogP contribution in [0.4, 0.5) is 5.69 Å². The van der Waals surface area contributed by atoms with E-state index in [1.54, 1.807) is 11.1 Å². The molecule has 0 saturated carbocycles. The number of allylic oxidation sites excluding steroid dienone is 1. The molecule has 1 heteroatoms. The predicted molar refractivity (Wildman–Crippen MR) is 66.4 cm³/mol. The molecule has 0 aromatic heterocycles. The Morgan fingerprint density at radius 2 is 2.13 bits per heavy atom. The van der Waals surface area contributed by atoms with Gasteiger partial charge < -0.3 is 5.32 Å². The molecule has 0 heterocycles. The first-order valence-corrected chi connectivity index (χ1v) is 5.87. The average Bonchev–Trinajstić information content (AvgIpc) is 2.71. The monoisotopic (exact) mass is 201 g/mol. The van der Waals surface area contributed by atoms with Crippen molar-refractivity contribution in [1.29, 1.82) is 0 Å². The molecule has 1 aliphatic carbocycles. The number of rotatable bonds is 5. The van der Waals surface area contributed by atoms with Gasteiger partial charge in [0.2, 0.25) is 0 Å². The van der Waals surface area contributed by atoms with E-state index < -0.39 is 0 Å². The lowest BCUT2D eigenvalue weighted by Crippen LogP contribution is -2.01. The van der Waals surface area contributed by atoms with Gasteiger partial charge in [-0.25, -0.2) is 0 Å². The van der Waals surface area contributed by atoms with Crippen LogP contribution in [-0.2, 0) is 12.8 Å². The van der Waals surface area contributed by atoms with Crippen molar-refractivity contribution in [1.82, 2.24) is 0 Å².